The summed E-state index contributed by atoms with van der Waals surface area (Å²) in [6.07, 6.45) is 0.747. The van der Waals surface area contributed by atoms with E-state index in [0.29, 0.717) is 19.7 Å². The van der Waals surface area contributed by atoms with E-state index in [1.54, 1.807) is 25.7 Å². The number of carboxylic acid groups (broad SMARTS) is 1. The molecule has 6 heteroatoms. The zero-order valence-corrected chi connectivity index (χ0v) is 12.1. The van der Waals surface area contributed by atoms with Crippen molar-refractivity contribution >= 4 is 12.0 Å². The van der Waals surface area contributed by atoms with Gasteiger partial charge in [-0.1, -0.05) is 20.8 Å². The van der Waals surface area contributed by atoms with E-state index in [-0.39, 0.29) is 12.1 Å². The Balaban J connectivity index is 2.68. The summed E-state index contributed by atoms with van der Waals surface area (Å²) in [5.41, 5.74) is -0.532. The highest BCUT2D eigenvalue weighted by molar-refractivity contribution is 5.83. The van der Waals surface area contributed by atoms with Crippen molar-refractivity contribution < 1.29 is 19.4 Å². The van der Waals surface area contributed by atoms with Gasteiger partial charge >= 0.3 is 12.0 Å². The predicted molar refractivity (Wildman–Crippen MR) is 71.0 cm³/mol. The number of aliphatic carboxylic acids is 1. The first-order valence-corrected chi connectivity index (χ1v) is 6.61. The number of carbonyl (C=O) groups is 2. The lowest BCUT2D eigenvalue weighted by Crippen LogP contribution is -2.54. The molecule has 6 nitrogen and oxygen atoms in total. The van der Waals surface area contributed by atoms with Gasteiger partial charge in [0.15, 0.2) is 0 Å². The van der Waals surface area contributed by atoms with E-state index >= 15 is 0 Å². The molecule has 1 saturated heterocycles. The van der Waals surface area contributed by atoms with Crippen molar-refractivity contribution in [1.29, 1.82) is 0 Å². The van der Waals surface area contributed by atoms with Crippen LogP contribution in [0, 0.1) is 5.41 Å². The third kappa shape index (κ3) is 4.70. The Bertz CT molecular complexity index is 338. The van der Waals surface area contributed by atoms with Gasteiger partial charge in [0, 0.05) is 19.7 Å². The number of nitrogens with zero attached hydrogens (tertiary/aromatic N) is 1. The third-order valence-corrected chi connectivity index (χ3v) is 3.12. The lowest BCUT2D eigenvalue weighted by atomic mass is 9.87. The molecule has 0 saturated carbocycles. The van der Waals surface area contributed by atoms with E-state index in [9.17, 15) is 14.7 Å². The molecule has 1 fully saturated rings. The summed E-state index contributed by atoms with van der Waals surface area (Å²) in [7, 11) is 0. The zero-order chi connectivity index (χ0) is 14.6. The molecular formula is C13H24N2O4. The van der Waals surface area contributed by atoms with Crippen molar-refractivity contribution in [1.82, 2.24) is 10.2 Å². The predicted octanol–water partition coefficient (Wildman–Crippen LogP) is 1.31. The van der Waals surface area contributed by atoms with Crippen LogP contribution in [0.25, 0.3) is 0 Å². The molecule has 2 N–H and O–H groups in total. The SMILES string of the molecule is CC1CN(C(=O)N[C@@H](C(=O)O)C(C)(C)C)CCCO1. The largest absolute Gasteiger partial charge is 0.480 e. The molecule has 2 amide bonds. The topological polar surface area (TPSA) is 78.9 Å². The Hall–Kier alpha value is -1.30. The quantitative estimate of drug-likeness (QED) is 0.794. The van der Waals surface area contributed by atoms with E-state index in [0.717, 1.165) is 6.42 Å². The molecule has 0 aromatic carbocycles. The minimum Gasteiger partial charge on any atom is -0.480 e. The minimum absolute atomic E-state index is 0.0221. The average molecular weight is 272 g/mol. The van der Waals surface area contributed by atoms with Crippen molar-refractivity contribution in [2.45, 2.75) is 46.3 Å². The number of hydrogen-bond donors (Lipinski definition) is 2. The molecule has 0 aromatic heterocycles. The fourth-order valence-corrected chi connectivity index (χ4v) is 2.04. The van der Waals surface area contributed by atoms with Gasteiger partial charge in [0.2, 0.25) is 0 Å². The van der Waals surface area contributed by atoms with E-state index in [1.165, 1.54) is 0 Å². The van der Waals surface area contributed by atoms with Crippen LogP contribution >= 0.6 is 0 Å². The Morgan fingerprint density at radius 1 is 1.42 bits per heavy atom. The number of amides is 2. The first-order chi connectivity index (χ1) is 8.71. The maximum Gasteiger partial charge on any atom is 0.326 e. The van der Waals surface area contributed by atoms with Crippen molar-refractivity contribution in [2.75, 3.05) is 19.7 Å². The van der Waals surface area contributed by atoms with Crippen LogP contribution in [0.2, 0.25) is 0 Å². The highest BCUT2D eigenvalue weighted by Gasteiger charge is 2.34. The van der Waals surface area contributed by atoms with Gasteiger partial charge in [0.25, 0.3) is 0 Å². The van der Waals surface area contributed by atoms with Gasteiger partial charge in [-0.05, 0) is 18.8 Å². The van der Waals surface area contributed by atoms with Crippen LogP contribution in [0.1, 0.15) is 34.1 Å². The van der Waals surface area contributed by atoms with Crippen molar-refractivity contribution in [2.24, 2.45) is 5.41 Å². The molecule has 1 aliphatic heterocycles. The second kappa shape index (κ2) is 6.23. The molecule has 1 aliphatic rings. The van der Waals surface area contributed by atoms with Crippen LogP contribution < -0.4 is 5.32 Å². The van der Waals surface area contributed by atoms with Crippen LogP contribution in [-0.4, -0.2) is 53.8 Å². The van der Waals surface area contributed by atoms with Gasteiger partial charge in [0.05, 0.1) is 6.10 Å². The number of hydrogen-bond acceptors (Lipinski definition) is 3. The second-order valence-corrected chi connectivity index (χ2v) is 6.07. The smallest absolute Gasteiger partial charge is 0.326 e. The molecular weight excluding hydrogens is 248 g/mol. The van der Waals surface area contributed by atoms with Crippen LogP contribution in [0.3, 0.4) is 0 Å². The van der Waals surface area contributed by atoms with Gasteiger partial charge < -0.3 is 20.1 Å². The molecule has 0 spiro atoms. The summed E-state index contributed by atoms with van der Waals surface area (Å²) >= 11 is 0. The summed E-state index contributed by atoms with van der Waals surface area (Å²) in [4.78, 5) is 25.0. The van der Waals surface area contributed by atoms with Crippen molar-refractivity contribution in [3.05, 3.63) is 0 Å². The van der Waals surface area contributed by atoms with Crippen LogP contribution in [0.5, 0.6) is 0 Å². The van der Waals surface area contributed by atoms with Crippen LogP contribution in [-0.2, 0) is 9.53 Å². The van der Waals surface area contributed by atoms with Crippen molar-refractivity contribution in [3.63, 3.8) is 0 Å². The van der Waals surface area contributed by atoms with Crippen molar-refractivity contribution in [3.8, 4) is 0 Å². The standard InChI is InChI=1S/C13H24N2O4/c1-9-8-15(6-5-7-19-9)12(18)14-10(11(16)17)13(2,3)4/h9-10H,5-8H2,1-4H3,(H,14,18)(H,16,17)/t9?,10-/m0/s1. The van der Waals surface area contributed by atoms with Crippen LogP contribution in [0.15, 0.2) is 0 Å². The molecule has 0 aliphatic carbocycles. The zero-order valence-electron chi connectivity index (χ0n) is 12.1. The summed E-state index contributed by atoms with van der Waals surface area (Å²) in [5.74, 6) is -1.01. The Labute approximate surface area is 114 Å². The summed E-state index contributed by atoms with van der Waals surface area (Å²) in [6.45, 7) is 8.99. The molecule has 1 heterocycles. The lowest BCUT2D eigenvalue weighted by Gasteiger charge is -2.31. The fourth-order valence-electron chi connectivity index (χ4n) is 2.04. The fraction of sp³-hybridized carbons (Fsp3) is 0.846. The molecule has 0 radical (unpaired) electrons. The maximum atomic E-state index is 12.2. The summed E-state index contributed by atoms with van der Waals surface area (Å²) in [5, 5.41) is 11.8. The Morgan fingerprint density at radius 2 is 2.05 bits per heavy atom. The van der Waals surface area contributed by atoms with E-state index in [2.05, 4.69) is 5.32 Å². The van der Waals surface area contributed by atoms with Gasteiger partial charge in [-0.3, -0.25) is 0 Å². The normalized spacial score (nSPS) is 22.5. The van der Waals surface area contributed by atoms with E-state index < -0.39 is 17.4 Å². The number of nitrogens with one attached hydrogen (secondary N) is 1. The second-order valence-electron chi connectivity index (χ2n) is 6.07. The molecule has 0 bridgehead atoms. The number of urea groups is 1. The monoisotopic (exact) mass is 272 g/mol. The molecule has 2 atom stereocenters. The molecule has 1 unspecified atom stereocenters. The maximum absolute atomic E-state index is 12.2. The van der Waals surface area contributed by atoms with Gasteiger partial charge in [0.1, 0.15) is 6.04 Å². The molecule has 1 rings (SSSR count). The van der Waals surface area contributed by atoms with Gasteiger partial charge in [-0.25, -0.2) is 9.59 Å². The molecule has 110 valence electrons. The lowest BCUT2D eigenvalue weighted by molar-refractivity contribution is -0.142. The number of carboxylic acids is 1. The average Bonchev–Trinajstić information content (AvgIpc) is 2.48. The number of ether oxygens (including phenoxy) is 1. The highest BCUT2D eigenvalue weighted by Crippen LogP contribution is 2.20. The molecule has 19 heavy (non-hydrogen) atoms. The van der Waals surface area contributed by atoms with Crippen LogP contribution in [0.4, 0.5) is 4.79 Å². The summed E-state index contributed by atoms with van der Waals surface area (Å²) < 4.78 is 5.46. The van der Waals surface area contributed by atoms with E-state index in [4.69, 9.17) is 4.74 Å². The minimum atomic E-state index is -1.01. The third-order valence-electron chi connectivity index (χ3n) is 3.12. The summed E-state index contributed by atoms with van der Waals surface area (Å²) in [6, 6.07) is -1.24. The Morgan fingerprint density at radius 3 is 2.58 bits per heavy atom. The van der Waals surface area contributed by atoms with Gasteiger partial charge in [-0.15, -0.1) is 0 Å². The highest BCUT2D eigenvalue weighted by atomic mass is 16.5. The first kappa shape index (κ1) is 15.8. The van der Waals surface area contributed by atoms with E-state index in [1.807, 2.05) is 6.92 Å². The Kier molecular flexibility index (Phi) is 5.17. The number of rotatable bonds is 2. The number of carbonyl (C=O) groups excluding carboxylic acids is 1. The van der Waals surface area contributed by atoms with Gasteiger partial charge in [-0.2, -0.15) is 0 Å². The molecule has 0 aromatic rings. The first-order valence-electron chi connectivity index (χ1n) is 6.61.